The molecule has 0 atom stereocenters. The molecule has 0 radical (unpaired) electrons. The first-order valence-corrected chi connectivity index (χ1v) is 5.19. The summed E-state index contributed by atoms with van der Waals surface area (Å²) in [6.07, 6.45) is 5.17. The van der Waals surface area contributed by atoms with Crippen LogP contribution in [0.4, 0.5) is 5.95 Å². The molecule has 3 aromatic heterocycles. The van der Waals surface area contributed by atoms with Gasteiger partial charge >= 0.3 is 0 Å². The summed E-state index contributed by atoms with van der Waals surface area (Å²) in [7, 11) is 1.79. The number of nitrogens with zero attached hydrogens (tertiary/aromatic N) is 5. The average molecular weight is 226 g/mol. The fourth-order valence-electron chi connectivity index (χ4n) is 1.66. The van der Waals surface area contributed by atoms with Gasteiger partial charge in [0, 0.05) is 25.0 Å². The Labute approximate surface area is 97.3 Å². The second kappa shape index (κ2) is 3.82. The molecule has 6 nitrogen and oxygen atoms in total. The van der Waals surface area contributed by atoms with Crippen molar-refractivity contribution in [2.45, 2.75) is 0 Å². The SMILES string of the molecule is CNc1nccc(-c2cnn3ncccc23)n1. The monoisotopic (exact) mass is 226 g/mol. The fourth-order valence-corrected chi connectivity index (χ4v) is 1.66. The molecule has 1 N–H and O–H groups in total. The predicted octanol–water partition coefficient (Wildman–Crippen LogP) is 1.23. The van der Waals surface area contributed by atoms with Gasteiger partial charge in [0.05, 0.1) is 17.4 Å². The first kappa shape index (κ1) is 9.71. The summed E-state index contributed by atoms with van der Waals surface area (Å²) in [6.45, 7) is 0. The van der Waals surface area contributed by atoms with Gasteiger partial charge in [0.2, 0.25) is 5.95 Å². The number of hydrogen-bond donors (Lipinski definition) is 1. The van der Waals surface area contributed by atoms with Crippen molar-refractivity contribution in [2.24, 2.45) is 0 Å². The van der Waals surface area contributed by atoms with E-state index in [9.17, 15) is 0 Å². The van der Waals surface area contributed by atoms with Crippen LogP contribution < -0.4 is 5.32 Å². The van der Waals surface area contributed by atoms with Crippen LogP contribution in [-0.2, 0) is 0 Å². The van der Waals surface area contributed by atoms with Gasteiger partial charge in [0.1, 0.15) is 0 Å². The van der Waals surface area contributed by atoms with Gasteiger partial charge in [-0.3, -0.25) is 0 Å². The summed E-state index contributed by atoms with van der Waals surface area (Å²) < 4.78 is 1.58. The van der Waals surface area contributed by atoms with Crippen LogP contribution in [0.15, 0.2) is 36.8 Å². The third-order valence-corrected chi connectivity index (χ3v) is 2.46. The molecule has 0 saturated heterocycles. The highest BCUT2D eigenvalue weighted by Crippen LogP contribution is 2.21. The van der Waals surface area contributed by atoms with Crippen LogP contribution in [0.25, 0.3) is 16.8 Å². The molecule has 0 fully saturated rings. The second-order valence-electron chi connectivity index (χ2n) is 3.47. The zero-order valence-corrected chi connectivity index (χ0v) is 9.20. The number of nitrogens with one attached hydrogen (secondary N) is 1. The normalized spacial score (nSPS) is 10.6. The number of fused-ring (bicyclic) bond motifs is 1. The van der Waals surface area contributed by atoms with Crippen LogP contribution >= 0.6 is 0 Å². The molecule has 0 spiro atoms. The average Bonchev–Trinajstić information content (AvgIpc) is 2.82. The maximum absolute atomic E-state index is 4.38. The highest BCUT2D eigenvalue weighted by Gasteiger charge is 2.08. The molecule has 3 heterocycles. The molecular weight excluding hydrogens is 216 g/mol. The van der Waals surface area contributed by atoms with Crippen molar-refractivity contribution in [3.63, 3.8) is 0 Å². The van der Waals surface area contributed by atoms with E-state index in [1.807, 2.05) is 18.2 Å². The molecule has 0 aliphatic rings. The largest absolute Gasteiger partial charge is 0.357 e. The van der Waals surface area contributed by atoms with E-state index < -0.39 is 0 Å². The molecule has 0 aromatic carbocycles. The van der Waals surface area contributed by atoms with Crippen molar-refractivity contribution < 1.29 is 0 Å². The molecule has 84 valence electrons. The number of aromatic nitrogens is 5. The number of hydrogen-bond acceptors (Lipinski definition) is 5. The van der Waals surface area contributed by atoms with Crippen molar-refractivity contribution >= 4 is 11.5 Å². The molecule has 3 rings (SSSR count). The minimum absolute atomic E-state index is 0.589. The molecular formula is C11H10N6. The van der Waals surface area contributed by atoms with E-state index in [0.29, 0.717) is 5.95 Å². The third-order valence-electron chi connectivity index (χ3n) is 2.46. The van der Waals surface area contributed by atoms with Crippen LogP contribution in [0.2, 0.25) is 0 Å². The van der Waals surface area contributed by atoms with Crippen LogP contribution in [-0.4, -0.2) is 31.8 Å². The molecule has 0 saturated carbocycles. The van der Waals surface area contributed by atoms with Gasteiger partial charge in [-0.1, -0.05) is 0 Å². The van der Waals surface area contributed by atoms with Gasteiger partial charge in [-0.15, -0.1) is 0 Å². The molecule has 3 aromatic rings. The van der Waals surface area contributed by atoms with E-state index in [0.717, 1.165) is 16.8 Å². The third kappa shape index (κ3) is 1.59. The van der Waals surface area contributed by atoms with Gasteiger partial charge in [-0.05, 0) is 18.2 Å². The Balaban J connectivity index is 2.20. The summed E-state index contributed by atoms with van der Waals surface area (Å²) in [6, 6.07) is 5.68. The van der Waals surface area contributed by atoms with Crippen molar-refractivity contribution in [1.29, 1.82) is 0 Å². The Hall–Kier alpha value is -2.50. The molecule has 0 aliphatic heterocycles. The van der Waals surface area contributed by atoms with Gasteiger partial charge in [0.15, 0.2) is 0 Å². The first-order valence-electron chi connectivity index (χ1n) is 5.19. The molecule has 0 bridgehead atoms. The van der Waals surface area contributed by atoms with Gasteiger partial charge in [-0.25, -0.2) is 9.97 Å². The Morgan fingerprint density at radius 1 is 1.18 bits per heavy atom. The highest BCUT2D eigenvalue weighted by atomic mass is 15.4. The maximum atomic E-state index is 4.38. The Morgan fingerprint density at radius 3 is 3.00 bits per heavy atom. The van der Waals surface area contributed by atoms with Gasteiger partial charge < -0.3 is 5.32 Å². The Kier molecular flexibility index (Phi) is 2.18. The van der Waals surface area contributed by atoms with E-state index in [-0.39, 0.29) is 0 Å². The number of rotatable bonds is 2. The summed E-state index contributed by atoms with van der Waals surface area (Å²) in [5, 5.41) is 11.2. The van der Waals surface area contributed by atoms with E-state index in [2.05, 4.69) is 25.5 Å². The minimum Gasteiger partial charge on any atom is -0.357 e. The van der Waals surface area contributed by atoms with Crippen molar-refractivity contribution in [3.8, 4) is 11.3 Å². The summed E-state index contributed by atoms with van der Waals surface area (Å²) in [5.74, 6) is 0.589. The van der Waals surface area contributed by atoms with E-state index in [1.54, 1.807) is 30.3 Å². The zero-order chi connectivity index (χ0) is 11.7. The molecule has 0 unspecified atom stereocenters. The lowest BCUT2D eigenvalue weighted by Crippen LogP contribution is -1.96. The van der Waals surface area contributed by atoms with E-state index in [4.69, 9.17) is 0 Å². The predicted molar refractivity (Wildman–Crippen MR) is 63.6 cm³/mol. The smallest absolute Gasteiger partial charge is 0.222 e. The quantitative estimate of drug-likeness (QED) is 0.711. The van der Waals surface area contributed by atoms with Crippen LogP contribution in [0, 0.1) is 0 Å². The minimum atomic E-state index is 0.589. The summed E-state index contributed by atoms with van der Waals surface area (Å²) in [4.78, 5) is 8.46. The standard InChI is InChI=1S/C11H10N6/c1-12-11-13-6-4-9(16-11)8-7-15-17-10(8)3-2-5-14-17/h2-7H,1H3,(H,12,13,16). The first-order chi connectivity index (χ1) is 8.38. The van der Waals surface area contributed by atoms with E-state index in [1.165, 1.54) is 0 Å². The van der Waals surface area contributed by atoms with Crippen LogP contribution in [0.3, 0.4) is 0 Å². The lowest BCUT2D eigenvalue weighted by molar-refractivity contribution is 0.800. The highest BCUT2D eigenvalue weighted by molar-refractivity contribution is 5.77. The molecule has 6 heteroatoms. The lowest BCUT2D eigenvalue weighted by Gasteiger charge is -2.01. The topological polar surface area (TPSA) is 68.0 Å². The summed E-state index contributed by atoms with van der Waals surface area (Å²) in [5.41, 5.74) is 2.69. The van der Waals surface area contributed by atoms with Gasteiger partial charge in [0.25, 0.3) is 0 Å². The molecule has 17 heavy (non-hydrogen) atoms. The summed E-state index contributed by atoms with van der Waals surface area (Å²) >= 11 is 0. The van der Waals surface area contributed by atoms with Crippen molar-refractivity contribution in [1.82, 2.24) is 24.8 Å². The molecule has 0 amide bonds. The van der Waals surface area contributed by atoms with Crippen molar-refractivity contribution in [3.05, 3.63) is 36.8 Å². The zero-order valence-electron chi connectivity index (χ0n) is 9.20. The second-order valence-corrected chi connectivity index (χ2v) is 3.47. The van der Waals surface area contributed by atoms with Crippen LogP contribution in [0.5, 0.6) is 0 Å². The van der Waals surface area contributed by atoms with Gasteiger partial charge in [-0.2, -0.15) is 14.8 Å². The lowest BCUT2D eigenvalue weighted by atomic mass is 10.2. The van der Waals surface area contributed by atoms with Crippen LogP contribution in [0.1, 0.15) is 0 Å². The fraction of sp³-hybridized carbons (Fsp3) is 0.0909. The number of anilines is 1. The van der Waals surface area contributed by atoms with E-state index >= 15 is 0 Å². The Bertz CT molecular complexity index is 660. The molecule has 0 aliphatic carbocycles. The van der Waals surface area contributed by atoms with Crippen molar-refractivity contribution in [2.75, 3.05) is 12.4 Å². The maximum Gasteiger partial charge on any atom is 0.222 e. The Morgan fingerprint density at radius 2 is 2.12 bits per heavy atom.